The number of carbonyl (C=O) groups is 2. The van der Waals surface area contributed by atoms with Crippen LogP contribution in [0.4, 0.5) is 0 Å². The van der Waals surface area contributed by atoms with E-state index in [2.05, 4.69) is 20.8 Å². The summed E-state index contributed by atoms with van der Waals surface area (Å²) < 4.78 is 3.29. The van der Waals surface area contributed by atoms with Crippen LogP contribution in [0.5, 0.6) is 0 Å². The highest BCUT2D eigenvalue weighted by molar-refractivity contribution is 7.99. The smallest absolute Gasteiger partial charge is 0.262 e. The van der Waals surface area contributed by atoms with Crippen LogP contribution in [0, 0.1) is 0 Å². The van der Waals surface area contributed by atoms with Crippen LogP contribution in [0.3, 0.4) is 0 Å². The van der Waals surface area contributed by atoms with E-state index in [1.165, 1.54) is 16.3 Å². The standard InChI is InChI=1S/C22H28N6O3S/c1-14(2)23-19(30)13-32-22-26-25-21-27(12-11-18(29)24-15-7-3-4-8-15)20(31)16-9-5-6-10-17(16)28(21)22/h5-6,9-10,14-15H,3-4,7-8,11-13H2,1-2H3,(H,23,30)(H,24,29). The van der Waals surface area contributed by atoms with Gasteiger partial charge in [0, 0.05) is 25.0 Å². The highest BCUT2D eigenvalue weighted by Gasteiger charge is 2.20. The van der Waals surface area contributed by atoms with Crippen molar-refractivity contribution in [1.82, 2.24) is 29.8 Å². The number of aryl methyl sites for hydroxylation is 1. The fourth-order valence-electron chi connectivity index (χ4n) is 4.11. The number of rotatable bonds is 8. The van der Waals surface area contributed by atoms with Gasteiger partial charge in [0.05, 0.1) is 16.7 Å². The molecule has 0 atom stereocenters. The zero-order chi connectivity index (χ0) is 22.7. The van der Waals surface area contributed by atoms with E-state index in [4.69, 9.17) is 0 Å². The predicted molar refractivity (Wildman–Crippen MR) is 124 cm³/mol. The van der Waals surface area contributed by atoms with Crippen molar-refractivity contribution in [2.75, 3.05) is 5.75 Å². The predicted octanol–water partition coefficient (Wildman–Crippen LogP) is 2.11. The summed E-state index contributed by atoms with van der Waals surface area (Å²) in [6.45, 7) is 4.02. The molecule has 2 aromatic heterocycles. The Kier molecular flexibility index (Phi) is 6.78. The minimum absolute atomic E-state index is 0.0552. The number of hydrogen-bond acceptors (Lipinski definition) is 6. The van der Waals surface area contributed by atoms with Gasteiger partial charge in [-0.1, -0.05) is 36.7 Å². The Bertz CT molecular complexity index is 1200. The van der Waals surface area contributed by atoms with Crippen LogP contribution in [-0.4, -0.2) is 48.8 Å². The van der Waals surface area contributed by atoms with E-state index < -0.39 is 0 Å². The maximum atomic E-state index is 13.2. The van der Waals surface area contributed by atoms with E-state index in [0.717, 1.165) is 25.7 Å². The van der Waals surface area contributed by atoms with Crippen LogP contribution in [0.2, 0.25) is 0 Å². The molecule has 0 spiro atoms. The summed E-state index contributed by atoms with van der Waals surface area (Å²) in [4.78, 5) is 37.7. The van der Waals surface area contributed by atoms with Gasteiger partial charge in [0.15, 0.2) is 5.16 Å². The Hall–Kier alpha value is -2.88. The number of para-hydroxylation sites is 1. The number of aromatic nitrogens is 4. The van der Waals surface area contributed by atoms with E-state index in [9.17, 15) is 14.4 Å². The summed E-state index contributed by atoms with van der Waals surface area (Å²) in [5, 5.41) is 15.4. The zero-order valence-electron chi connectivity index (χ0n) is 18.3. The normalized spacial score (nSPS) is 14.5. The second-order valence-electron chi connectivity index (χ2n) is 8.40. The highest BCUT2D eigenvalue weighted by atomic mass is 32.2. The van der Waals surface area contributed by atoms with Crippen LogP contribution in [0.15, 0.2) is 34.2 Å². The number of fused-ring (bicyclic) bond motifs is 3. The van der Waals surface area contributed by atoms with Crippen LogP contribution < -0.4 is 16.2 Å². The second-order valence-corrected chi connectivity index (χ2v) is 9.34. The van der Waals surface area contributed by atoms with Gasteiger partial charge in [0.25, 0.3) is 5.56 Å². The molecule has 9 nitrogen and oxygen atoms in total. The molecule has 2 amide bonds. The van der Waals surface area contributed by atoms with Crippen LogP contribution in [-0.2, 0) is 16.1 Å². The van der Waals surface area contributed by atoms with Gasteiger partial charge in [0.2, 0.25) is 17.6 Å². The molecular weight excluding hydrogens is 428 g/mol. The van der Waals surface area contributed by atoms with Crippen LogP contribution >= 0.6 is 11.8 Å². The lowest BCUT2D eigenvalue weighted by atomic mass is 10.2. The molecule has 0 bridgehead atoms. The molecule has 32 heavy (non-hydrogen) atoms. The first-order valence-corrected chi connectivity index (χ1v) is 12.0. The maximum Gasteiger partial charge on any atom is 0.262 e. The average molecular weight is 457 g/mol. The van der Waals surface area contributed by atoms with E-state index in [1.54, 1.807) is 16.5 Å². The molecule has 1 aliphatic rings. The average Bonchev–Trinajstić information content (AvgIpc) is 3.42. The number of amides is 2. The van der Waals surface area contributed by atoms with Crippen molar-refractivity contribution < 1.29 is 9.59 Å². The van der Waals surface area contributed by atoms with E-state index >= 15 is 0 Å². The number of benzene rings is 1. The van der Waals surface area contributed by atoms with Crippen molar-refractivity contribution in [3.8, 4) is 0 Å². The third kappa shape index (κ3) is 4.79. The summed E-state index contributed by atoms with van der Waals surface area (Å²) in [5.41, 5.74) is 0.471. The van der Waals surface area contributed by atoms with E-state index in [-0.39, 0.29) is 48.2 Å². The third-order valence-electron chi connectivity index (χ3n) is 5.54. The van der Waals surface area contributed by atoms with Crippen molar-refractivity contribution in [2.24, 2.45) is 0 Å². The Morgan fingerprint density at radius 3 is 2.66 bits per heavy atom. The number of nitrogens with one attached hydrogen (secondary N) is 2. The first kappa shape index (κ1) is 22.3. The van der Waals surface area contributed by atoms with Gasteiger partial charge in [-0.3, -0.25) is 23.4 Å². The van der Waals surface area contributed by atoms with Gasteiger partial charge in [-0.15, -0.1) is 10.2 Å². The minimum atomic E-state index is -0.205. The summed E-state index contributed by atoms with van der Waals surface area (Å²) >= 11 is 1.26. The molecule has 3 aromatic rings. The lowest BCUT2D eigenvalue weighted by Crippen LogP contribution is -2.34. The first-order valence-electron chi connectivity index (χ1n) is 11.0. The lowest BCUT2D eigenvalue weighted by molar-refractivity contribution is -0.122. The summed E-state index contributed by atoms with van der Waals surface area (Å²) in [6.07, 6.45) is 4.51. The molecule has 2 heterocycles. The Morgan fingerprint density at radius 1 is 1.16 bits per heavy atom. The van der Waals surface area contributed by atoms with E-state index in [1.807, 2.05) is 26.0 Å². The topological polar surface area (TPSA) is 110 Å². The monoisotopic (exact) mass is 456 g/mol. The Balaban J connectivity index is 1.62. The molecule has 2 N–H and O–H groups in total. The van der Waals surface area contributed by atoms with Gasteiger partial charge in [-0.2, -0.15) is 0 Å². The molecule has 0 saturated heterocycles. The maximum absolute atomic E-state index is 13.2. The summed E-state index contributed by atoms with van der Waals surface area (Å²) in [7, 11) is 0. The molecule has 4 rings (SSSR count). The molecule has 0 aliphatic heterocycles. The molecule has 10 heteroatoms. The molecule has 170 valence electrons. The largest absolute Gasteiger partial charge is 0.353 e. The summed E-state index contributed by atoms with van der Waals surface area (Å²) in [5.74, 6) is 0.405. The minimum Gasteiger partial charge on any atom is -0.353 e. The summed E-state index contributed by atoms with van der Waals surface area (Å²) in [6, 6.07) is 7.54. The Morgan fingerprint density at radius 2 is 1.91 bits per heavy atom. The lowest BCUT2D eigenvalue weighted by Gasteiger charge is -2.14. The molecular formula is C22H28N6O3S. The van der Waals surface area contributed by atoms with Crippen LogP contribution in [0.25, 0.3) is 16.7 Å². The van der Waals surface area contributed by atoms with Gasteiger partial charge >= 0.3 is 0 Å². The van der Waals surface area contributed by atoms with Gasteiger partial charge in [-0.25, -0.2) is 0 Å². The third-order valence-corrected chi connectivity index (χ3v) is 6.47. The first-order chi connectivity index (χ1) is 15.4. The molecule has 1 fully saturated rings. The number of carbonyl (C=O) groups excluding carboxylic acids is 2. The van der Waals surface area contributed by atoms with Crippen molar-refractivity contribution >= 4 is 40.3 Å². The van der Waals surface area contributed by atoms with Gasteiger partial charge in [-0.05, 0) is 38.8 Å². The fourth-order valence-corrected chi connectivity index (χ4v) is 4.86. The highest BCUT2D eigenvalue weighted by Crippen LogP contribution is 2.22. The number of nitrogens with zero attached hydrogens (tertiary/aromatic N) is 4. The number of hydrogen-bond donors (Lipinski definition) is 2. The molecule has 1 aliphatic carbocycles. The number of thioether (sulfide) groups is 1. The molecule has 0 radical (unpaired) electrons. The van der Waals surface area contributed by atoms with E-state index in [0.29, 0.717) is 21.8 Å². The zero-order valence-corrected chi connectivity index (χ0v) is 19.2. The molecule has 0 unspecified atom stereocenters. The van der Waals surface area contributed by atoms with Gasteiger partial charge in [0.1, 0.15) is 0 Å². The van der Waals surface area contributed by atoms with Crippen molar-refractivity contribution in [2.45, 2.75) is 69.7 Å². The van der Waals surface area contributed by atoms with Crippen molar-refractivity contribution in [1.29, 1.82) is 0 Å². The second kappa shape index (κ2) is 9.72. The van der Waals surface area contributed by atoms with Crippen molar-refractivity contribution in [3.05, 3.63) is 34.6 Å². The van der Waals surface area contributed by atoms with Gasteiger partial charge < -0.3 is 10.6 Å². The molecule has 1 aromatic carbocycles. The quantitative estimate of drug-likeness (QED) is 0.503. The Labute approximate surface area is 190 Å². The fraction of sp³-hybridized carbons (Fsp3) is 0.500. The van der Waals surface area contributed by atoms with Crippen molar-refractivity contribution in [3.63, 3.8) is 0 Å². The molecule has 1 saturated carbocycles. The SMILES string of the molecule is CC(C)NC(=O)CSc1nnc2n(CCC(=O)NC3CCCC3)c(=O)c3ccccc3n12. The van der Waals surface area contributed by atoms with Crippen LogP contribution in [0.1, 0.15) is 46.0 Å².